The van der Waals surface area contributed by atoms with Crippen molar-refractivity contribution in [2.24, 2.45) is 0 Å². The molecule has 4 atom stereocenters. The van der Waals surface area contributed by atoms with Gasteiger partial charge in [0.05, 0.1) is 6.33 Å². The van der Waals surface area contributed by atoms with E-state index in [0.717, 1.165) is 0 Å². The maximum absolute atomic E-state index is 12.7. The summed E-state index contributed by atoms with van der Waals surface area (Å²) in [6.07, 6.45) is 1.43. The van der Waals surface area contributed by atoms with Gasteiger partial charge < -0.3 is 25.2 Å². The molecule has 2 bridgehead atoms. The number of amides is 1. The summed E-state index contributed by atoms with van der Waals surface area (Å²) in [6, 6.07) is -0.641. The Morgan fingerprint density at radius 3 is 2.85 bits per heavy atom. The summed E-state index contributed by atoms with van der Waals surface area (Å²) in [5.74, 6) is -0.0752. The van der Waals surface area contributed by atoms with Crippen molar-refractivity contribution in [3.05, 3.63) is 12.7 Å². The molecule has 4 N–H and O–H groups in total. The molecular formula is C13H17N6O5PS. The number of likely N-dealkylation sites (tertiary alicyclic amines) is 1. The summed E-state index contributed by atoms with van der Waals surface area (Å²) in [4.78, 5) is 45.8. The van der Waals surface area contributed by atoms with Crippen molar-refractivity contribution in [1.29, 1.82) is 0 Å². The molecule has 140 valence electrons. The van der Waals surface area contributed by atoms with Crippen LogP contribution in [-0.2, 0) is 25.9 Å². The molecule has 13 heteroatoms. The first kappa shape index (κ1) is 17.7. The van der Waals surface area contributed by atoms with Gasteiger partial charge >= 0.3 is 6.72 Å². The average molecular weight is 400 g/mol. The van der Waals surface area contributed by atoms with Crippen LogP contribution in [0.15, 0.2) is 12.7 Å². The van der Waals surface area contributed by atoms with Crippen molar-refractivity contribution in [2.45, 2.75) is 37.3 Å². The summed E-state index contributed by atoms with van der Waals surface area (Å²) < 4.78 is 13.1. The minimum absolute atomic E-state index is 0.223. The van der Waals surface area contributed by atoms with E-state index in [0.29, 0.717) is 11.2 Å². The van der Waals surface area contributed by atoms with Crippen molar-refractivity contribution in [3.63, 3.8) is 0 Å². The summed E-state index contributed by atoms with van der Waals surface area (Å²) in [7, 11) is 1.61. The van der Waals surface area contributed by atoms with Crippen LogP contribution >= 0.6 is 6.72 Å². The summed E-state index contributed by atoms with van der Waals surface area (Å²) >= 11 is 4.62. The predicted octanol–water partition coefficient (Wildman–Crippen LogP) is -0.479. The van der Waals surface area contributed by atoms with Gasteiger partial charge in [0.25, 0.3) is 5.91 Å². The van der Waals surface area contributed by atoms with Crippen molar-refractivity contribution >= 4 is 41.4 Å². The first-order chi connectivity index (χ1) is 12.2. The van der Waals surface area contributed by atoms with Crippen molar-refractivity contribution < 1.29 is 23.8 Å². The molecule has 1 amide bonds. The third kappa shape index (κ3) is 2.30. The Labute approximate surface area is 153 Å². The number of aromatic nitrogens is 4. The van der Waals surface area contributed by atoms with Gasteiger partial charge in [-0.15, -0.1) is 0 Å². The zero-order valence-electron chi connectivity index (χ0n) is 13.9. The Kier molecular flexibility index (Phi) is 3.85. The number of ether oxygens (including phenoxy) is 1. The summed E-state index contributed by atoms with van der Waals surface area (Å²) in [5, 5.41) is 0. The Morgan fingerprint density at radius 2 is 2.19 bits per heavy atom. The molecule has 0 aromatic carbocycles. The van der Waals surface area contributed by atoms with E-state index in [4.69, 9.17) is 15.0 Å². The van der Waals surface area contributed by atoms with E-state index >= 15 is 0 Å². The van der Waals surface area contributed by atoms with Gasteiger partial charge in [0.2, 0.25) is 0 Å². The molecule has 0 spiro atoms. The lowest BCUT2D eigenvalue weighted by molar-refractivity contribution is -0.174. The first-order valence-corrected chi connectivity index (χ1v) is 10.4. The number of hydrogen-bond donors (Lipinski definition) is 3. The van der Waals surface area contributed by atoms with Gasteiger partial charge in [-0.3, -0.25) is 13.9 Å². The highest BCUT2D eigenvalue weighted by atomic mass is 32.5. The largest absolute Gasteiger partial charge is 0.382 e. The van der Waals surface area contributed by atoms with E-state index in [1.54, 1.807) is 18.5 Å². The Morgan fingerprint density at radius 1 is 1.46 bits per heavy atom. The fourth-order valence-electron chi connectivity index (χ4n) is 3.79. The second-order valence-corrected chi connectivity index (χ2v) is 8.88. The lowest BCUT2D eigenvalue weighted by Gasteiger charge is -2.34. The van der Waals surface area contributed by atoms with Crippen molar-refractivity contribution in [1.82, 2.24) is 24.4 Å². The number of nitrogens with two attached hydrogens (primary N) is 1. The number of hydrogen-bond acceptors (Lipinski definition) is 8. The number of morpholine rings is 1. The quantitative estimate of drug-likeness (QED) is 0.575. The second kappa shape index (κ2) is 5.65. The minimum Gasteiger partial charge on any atom is -0.382 e. The molecular weight excluding hydrogens is 383 g/mol. The number of carbonyl (C=O) groups excluding carboxylic acids is 1. The predicted molar refractivity (Wildman–Crippen MR) is 93.0 cm³/mol. The number of nitrogen functional groups attached to an aromatic ring is 1. The molecule has 2 aliphatic heterocycles. The van der Waals surface area contributed by atoms with Crippen LogP contribution in [0.25, 0.3) is 11.2 Å². The number of imidazole rings is 1. The number of carbonyl (C=O) groups is 1. The van der Waals surface area contributed by atoms with Crippen LogP contribution in [0.3, 0.4) is 0 Å². The molecule has 2 saturated heterocycles. The fourth-order valence-corrected chi connectivity index (χ4v) is 4.66. The molecule has 2 aromatic rings. The van der Waals surface area contributed by atoms with Gasteiger partial charge in [0, 0.05) is 7.05 Å². The third-order valence-electron chi connectivity index (χ3n) is 4.96. The van der Waals surface area contributed by atoms with Gasteiger partial charge in [-0.05, 0) is 18.2 Å². The highest BCUT2D eigenvalue weighted by molar-refractivity contribution is 8.06. The fraction of sp³-hybridized carbons (Fsp3) is 0.538. The number of fused-ring (bicyclic) bond motifs is 3. The minimum atomic E-state index is -4.01. The molecule has 0 radical (unpaired) electrons. The van der Waals surface area contributed by atoms with Crippen molar-refractivity contribution in [2.75, 3.05) is 12.8 Å². The van der Waals surface area contributed by atoms with Crippen LogP contribution < -0.4 is 5.73 Å². The van der Waals surface area contributed by atoms with Crippen LogP contribution in [0.4, 0.5) is 5.82 Å². The van der Waals surface area contributed by atoms with Crippen LogP contribution in [0.5, 0.6) is 0 Å². The Balaban J connectivity index is 1.83. The number of likely N-dealkylation sites (N-methyl/N-ethyl adjacent to an activating group) is 1. The smallest absolute Gasteiger partial charge is 0.322 e. The molecule has 0 saturated carbocycles. The average Bonchev–Trinajstić information content (AvgIpc) is 3.17. The van der Waals surface area contributed by atoms with Crippen LogP contribution in [0, 0.1) is 0 Å². The molecule has 2 aromatic heterocycles. The molecule has 11 nitrogen and oxygen atoms in total. The molecule has 4 rings (SSSR count). The highest BCUT2D eigenvalue weighted by Crippen LogP contribution is 2.55. The lowest BCUT2D eigenvalue weighted by Crippen LogP contribution is -2.49. The molecule has 4 heterocycles. The third-order valence-corrected chi connectivity index (χ3v) is 5.72. The Bertz CT molecular complexity index is 948. The number of nitrogens with zero attached hydrogens (tertiary/aromatic N) is 5. The number of anilines is 1. The van der Waals surface area contributed by atoms with Gasteiger partial charge in [-0.25, -0.2) is 15.0 Å². The van der Waals surface area contributed by atoms with E-state index in [9.17, 15) is 14.6 Å². The maximum atomic E-state index is 12.7. The molecule has 2 unspecified atom stereocenters. The van der Waals surface area contributed by atoms with Crippen LogP contribution in [0.1, 0.15) is 19.6 Å². The lowest BCUT2D eigenvalue weighted by atomic mass is 9.96. The number of rotatable bonds is 4. The van der Waals surface area contributed by atoms with Gasteiger partial charge in [0.15, 0.2) is 23.3 Å². The van der Waals surface area contributed by atoms with E-state index in [-0.39, 0.29) is 18.1 Å². The summed E-state index contributed by atoms with van der Waals surface area (Å²) in [5.41, 5.74) is 5.30. The zero-order chi connectivity index (χ0) is 18.9. The molecule has 2 aliphatic rings. The SMILES string of the molecule is CC[C@@]12O[C@@H](n3cnc4c(N)ncnc43)C(C1OP(O)(O)=S)N(C)C2=O. The van der Waals surface area contributed by atoms with Gasteiger partial charge in [-0.1, -0.05) is 6.92 Å². The first-order valence-electron chi connectivity index (χ1n) is 7.81. The monoisotopic (exact) mass is 400 g/mol. The maximum Gasteiger partial charge on any atom is 0.322 e. The Hall–Kier alpha value is -1.69. The normalized spacial score (nSPS) is 31.3. The highest BCUT2D eigenvalue weighted by Gasteiger charge is 2.69. The zero-order valence-corrected chi connectivity index (χ0v) is 15.6. The summed E-state index contributed by atoms with van der Waals surface area (Å²) in [6.45, 7) is -2.25. The second-order valence-electron chi connectivity index (χ2n) is 6.26. The van der Waals surface area contributed by atoms with Crippen LogP contribution in [0.2, 0.25) is 0 Å². The molecule has 26 heavy (non-hydrogen) atoms. The standard InChI is InChI=1S/C13H17N6O5PS/c1-3-13-8(24-25(21,22)26)7(18(2)12(13)20)11(23-13)19-5-17-6-9(14)15-4-16-10(6)19/h4-5,7-8,11H,3H2,1-2H3,(H2,14,15,16)(H2,21,22,26)/t7?,8?,11-,13-/m1/s1. The molecule has 2 fully saturated rings. The van der Waals surface area contributed by atoms with E-state index in [1.165, 1.54) is 17.6 Å². The van der Waals surface area contributed by atoms with Crippen LogP contribution in [-0.4, -0.2) is 64.9 Å². The topological polar surface area (TPSA) is 149 Å². The van der Waals surface area contributed by atoms with E-state index < -0.39 is 30.7 Å². The van der Waals surface area contributed by atoms with E-state index in [1.807, 2.05) is 0 Å². The van der Waals surface area contributed by atoms with Gasteiger partial charge in [0.1, 0.15) is 24.0 Å². The van der Waals surface area contributed by atoms with Crippen molar-refractivity contribution in [3.8, 4) is 0 Å². The molecule has 0 aliphatic carbocycles. The van der Waals surface area contributed by atoms with Gasteiger partial charge in [-0.2, -0.15) is 0 Å². The van der Waals surface area contributed by atoms with E-state index in [2.05, 4.69) is 26.8 Å².